The predicted molar refractivity (Wildman–Crippen MR) is 269 cm³/mol. The Bertz CT molecular complexity index is 1340. The molecule has 0 heterocycles. The van der Waals surface area contributed by atoms with Crippen LogP contribution in [0, 0.1) is 47.3 Å². The molecule has 11 unspecified atom stereocenters. The van der Waals surface area contributed by atoms with Crippen LogP contribution in [0.2, 0.25) is 0 Å². The van der Waals surface area contributed by atoms with E-state index in [0.29, 0.717) is 93.2 Å². The third kappa shape index (κ3) is 26.0. The number of hydrogen-bond acceptors (Lipinski definition) is 12. The smallest absolute Gasteiger partial charge is 0.306 e. The number of methoxy groups -OCH3 is 1. The van der Waals surface area contributed by atoms with E-state index in [9.17, 15) is 39.3 Å². The summed E-state index contributed by atoms with van der Waals surface area (Å²) >= 11 is 0. The normalized spacial score (nSPS) is 27.2. The minimum absolute atomic E-state index is 0.0866. The number of ketones is 1. The molecular weight excluding hydrogens is 865 g/mol. The van der Waals surface area contributed by atoms with E-state index >= 15 is 0 Å². The lowest BCUT2D eigenvalue weighted by Gasteiger charge is -2.21. The SMILES string of the molecule is CCCCCC1C(=O)CCC1CC(=O)OCC.CCCCCC1C(O)CCC1CC(=O)OC.CCCCCC1C(O)CCC1CC(=O)OCC.CCCCCC1C(O)CCC1CC(=O)OCCC. The summed E-state index contributed by atoms with van der Waals surface area (Å²) in [7, 11) is 1.43. The summed E-state index contributed by atoms with van der Waals surface area (Å²) in [5, 5.41) is 29.8. The number of Topliss-reactive ketones (excluding diaryl/α,β-unsaturated/α-hetero) is 1. The third-order valence-electron chi connectivity index (χ3n) is 15.1. The van der Waals surface area contributed by atoms with Crippen LogP contribution in [0.15, 0.2) is 0 Å². The number of aliphatic hydroxyl groups is 3. The van der Waals surface area contributed by atoms with Gasteiger partial charge in [0.1, 0.15) is 5.78 Å². The lowest BCUT2D eigenvalue weighted by atomic mass is 9.87. The highest BCUT2D eigenvalue weighted by atomic mass is 16.5. The Labute approximate surface area is 413 Å². The molecule has 4 saturated carbocycles. The highest BCUT2D eigenvalue weighted by Gasteiger charge is 2.38. The Kier molecular flexibility index (Phi) is 36.5. The molecule has 68 heavy (non-hydrogen) atoms. The van der Waals surface area contributed by atoms with Gasteiger partial charge in [-0.2, -0.15) is 0 Å². The van der Waals surface area contributed by atoms with Crippen molar-refractivity contribution in [3.05, 3.63) is 0 Å². The predicted octanol–water partition coefficient (Wildman–Crippen LogP) is 11.8. The summed E-state index contributed by atoms with van der Waals surface area (Å²) in [6, 6.07) is 0. The van der Waals surface area contributed by atoms with Crippen molar-refractivity contribution in [2.24, 2.45) is 47.3 Å². The van der Waals surface area contributed by atoms with Crippen LogP contribution in [-0.2, 0) is 42.9 Å². The van der Waals surface area contributed by atoms with Gasteiger partial charge in [-0.25, -0.2) is 0 Å². The van der Waals surface area contributed by atoms with Crippen molar-refractivity contribution in [1.29, 1.82) is 0 Å². The number of rotatable bonds is 28. The molecule has 3 N–H and O–H groups in total. The third-order valence-corrected chi connectivity index (χ3v) is 15.1. The minimum atomic E-state index is -0.203. The average Bonchev–Trinajstić information content (AvgIpc) is 4.06. The maximum absolute atomic E-state index is 11.8. The molecule has 0 aromatic heterocycles. The molecule has 4 aliphatic rings. The van der Waals surface area contributed by atoms with Crippen molar-refractivity contribution in [2.75, 3.05) is 26.9 Å². The summed E-state index contributed by atoms with van der Waals surface area (Å²) in [5.74, 6) is 2.17. The molecule has 4 fully saturated rings. The quantitative estimate of drug-likeness (QED) is 0.0384. The molecule has 0 aromatic carbocycles. The van der Waals surface area contributed by atoms with E-state index in [0.717, 1.165) is 96.3 Å². The molecule has 4 aliphatic carbocycles. The maximum atomic E-state index is 11.8. The number of unbranched alkanes of at least 4 members (excludes halogenated alkanes) is 8. The van der Waals surface area contributed by atoms with Gasteiger partial charge >= 0.3 is 23.9 Å². The molecule has 0 amide bonds. The summed E-state index contributed by atoms with van der Waals surface area (Å²) in [6.45, 7) is 15.8. The first kappa shape index (κ1) is 63.4. The van der Waals surface area contributed by atoms with Crippen LogP contribution < -0.4 is 0 Å². The topological polar surface area (TPSA) is 183 Å². The summed E-state index contributed by atoms with van der Waals surface area (Å²) in [6.07, 6.45) is 27.4. The van der Waals surface area contributed by atoms with Crippen molar-refractivity contribution in [2.45, 2.75) is 253 Å². The van der Waals surface area contributed by atoms with E-state index in [-0.39, 0.29) is 54.0 Å². The summed E-state index contributed by atoms with van der Waals surface area (Å²) in [5.41, 5.74) is 0. The van der Waals surface area contributed by atoms with Crippen molar-refractivity contribution in [3.63, 3.8) is 0 Å². The second-order valence-corrected chi connectivity index (χ2v) is 20.3. The molecule has 0 aromatic rings. The molecule has 0 aliphatic heterocycles. The van der Waals surface area contributed by atoms with Gasteiger partial charge in [-0.05, 0) is 132 Å². The summed E-state index contributed by atoms with van der Waals surface area (Å²) < 4.78 is 19.8. The fourth-order valence-electron chi connectivity index (χ4n) is 11.2. The molecule has 0 radical (unpaired) electrons. The molecule has 12 nitrogen and oxygen atoms in total. The largest absolute Gasteiger partial charge is 0.469 e. The fraction of sp³-hybridized carbons (Fsp3) is 0.911. The molecule has 0 saturated heterocycles. The number of carbonyl (C=O) groups excluding carboxylic acids is 5. The van der Waals surface area contributed by atoms with Gasteiger partial charge in [0, 0.05) is 38.0 Å². The minimum Gasteiger partial charge on any atom is -0.469 e. The van der Waals surface area contributed by atoms with E-state index in [1.165, 1.54) is 64.9 Å². The summed E-state index contributed by atoms with van der Waals surface area (Å²) in [4.78, 5) is 57.6. The van der Waals surface area contributed by atoms with Gasteiger partial charge in [0.05, 0.1) is 45.2 Å². The van der Waals surface area contributed by atoms with Gasteiger partial charge in [-0.3, -0.25) is 24.0 Å². The average molecular weight is 967 g/mol. The van der Waals surface area contributed by atoms with Crippen LogP contribution in [0.3, 0.4) is 0 Å². The molecule has 4 rings (SSSR count). The van der Waals surface area contributed by atoms with E-state index in [1.54, 1.807) is 0 Å². The standard InChI is InChI=1S/C15H28O3.C14H26O3.C14H24O3.C13H24O3/c1-3-5-6-7-13-12(8-9-14(13)16)11-15(17)18-10-4-2;2*1-3-5-6-7-12-11(8-9-13(12)15)10-14(16)17-4-2;1-3-4-5-6-11-10(7-8-12(11)14)9-13(15)16-2/h12-14,16H,3-11H2,1-2H3;11-13,15H,3-10H2,1-2H3;11-12H,3-10H2,1-2H3;10-12,14H,3-9H2,1-2H3. The second-order valence-electron chi connectivity index (χ2n) is 20.3. The number of esters is 4. The van der Waals surface area contributed by atoms with Crippen LogP contribution in [0.25, 0.3) is 0 Å². The fourth-order valence-corrected chi connectivity index (χ4v) is 11.2. The molecule has 12 heteroatoms. The first-order valence-electron chi connectivity index (χ1n) is 27.8. The highest BCUT2D eigenvalue weighted by Crippen LogP contribution is 2.40. The Balaban J connectivity index is 0.000000454. The van der Waals surface area contributed by atoms with Gasteiger partial charge in [0.2, 0.25) is 0 Å². The first-order chi connectivity index (χ1) is 32.7. The molecule has 11 atom stereocenters. The highest BCUT2D eigenvalue weighted by molar-refractivity contribution is 5.84. The first-order valence-corrected chi connectivity index (χ1v) is 27.8. The van der Waals surface area contributed by atoms with Crippen LogP contribution in [-0.4, -0.2) is 90.2 Å². The van der Waals surface area contributed by atoms with Crippen molar-refractivity contribution >= 4 is 29.7 Å². The number of hydrogen-bond donors (Lipinski definition) is 3. The van der Waals surface area contributed by atoms with Crippen molar-refractivity contribution in [1.82, 2.24) is 0 Å². The Morgan fingerprint density at radius 2 is 0.794 bits per heavy atom. The molecule has 0 spiro atoms. The second kappa shape index (κ2) is 39.1. The van der Waals surface area contributed by atoms with Gasteiger partial charge < -0.3 is 34.3 Å². The van der Waals surface area contributed by atoms with Crippen LogP contribution in [0.5, 0.6) is 0 Å². The molecule has 398 valence electrons. The maximum Gasteiger partial charge on any atom is 0.306 e. The lowest BCUT2D eigenvalue weighted by Crippen LogP contribution is -2.22. The van der Waals surface area contributed by atoms with E-state index < -0.39 is 0 Å². The van der Waals surface area contributed by atoms with Gasteiger partial charge in [0.25, 0.3) is 0 Å². The number of ether oxygens (including phenoxy) is 4. The lowest BCUT2D eigenvalue weighted by molar-refractivity contribution is -0.146. The van der Waals surface area contributed by atoms with Gasteiger partial charge in [-0.15, -0.1) is 0 Å². The zero-order valence-electron chi connectivity index (χ0n) is 44.5. The monoisotopic (exact) mass is 967 g/mol. The van der Waals surface area contributed by atoms with Crippen LogP contribution >= 0.6 is 0 Å². The van der Waals surface area contributed by atoms with Crippen molar-refractivity contribution in [3.8, 4) is 0 Å². The molecule has 0 bridgehead atoms. The van der Waals surface area contributed by atoms with Gasteiger partial charge in [0.15, 0.2) is 0 Å². The number of aliphatic hydroxyl groups excluding tert-OH is 3. The zero-order chi connectivity index (χ0) is 50.7. The van der Waals surface area contributed by atoms with Crippen LogP contribution in [0.4, 0.5) is 0 Å². The zero-order valence-corrected chi connectivity index (χ0v) is 44.5. The van der Waals surface area contributed by atoms with Gasteiger partial charge in [-0.1, -0.05) is 112 Å². The van der Waals surface area contributed by atoms with E-state index in [4.69, 9.17) is 18.9 Å². The molecular formula is C56H102O12. The number of carbonyl (C=O) groups is 5. The van der Waals surface area contributed by atoms with Crippen LogP contribution in [0.1, 0.15) is 235 Å². The Morgan fingerprint density at radius 1 is 0.441 bits per heavy atom. The Morgan fingerprint density at radius 3 is 1.15 bits per heavy atom. The van der Waals surface area contributed by atoms with E-state index in [2.05, 4.69) is 27.7 Å². The van der Waals surface area contributed by atoms with Crippen molar-refractivity contribution < 1.29 is 58.2 Å². The Hall–Kier alpha value is -2.57. The van der Waals surface area contributed by atoms with E-state index in [1.807, 2.05) is 20.8 Å².